The molecule has 0 saturated heterocycles. The Kier molecular flexibility index (Phi) is 8.57. The van der Waals surface area contributed by atoms with Gasteiger partial charge in [0.15, 0.2) is 0 Å². The summed E-state index contributed by atoms with van der Waals surface area (Å²) in [6.45, 7) is 0. The van der Waals surface area contributed by atoms with E-state index in [4.69, 9.17) is 23.4 Å². The predicted molar refractivity (Wildman–Crippen MR) is 291 cm³/mol. The number of para-hydroxylation sites is 5. The van der Waals surface area contributed by atoms with Crippen molar-refractivity contribution >= 4 is 54.6 Å². The zero-order valence-electron chi connectivity index (χ0n) is 48.4. The van der Waals surface area contributed by atoms with E-state index in [1.54, 1.807) is 27.3 Å². The van der Waals surface area contributed by atoms with Gasteiger partial charge >= 0.3 is 0 Å². The van der Waals surface area contributed by atoms with Crippen LogP contribution >= 0.6 is 0 Å². The van der Waals surface area contributed by atoms with Gasteiger partial charge in [-0.3, -0.25) is 4.57 Å². The second kappa shape index (κ2) is 18.3. The van der Waals surface area contributed by atoms with Crippen LogP contribution in [0.4, 0.5) is 0 Å². The van der Waals surface area contributed by atoms with Crippen molar-refractivity contribution in [2.24, 2.45) is 0 Å². The Hall–Kier alpha value is -9.09. The Morgan fingerprint density at radius 2 is 1.11 bits per heavy atom. The molecule has 0 aliphatic carbocycles. The molecule has 10 aromatic carbocycles. The van der Waals surface area contributed by atoms with Crippen molar-refractivity contribution in [1.29, 1.82) is 0 Å². The van der Waals surface area contributed by atoms with Crippen LogP contribution in [-0.4, -0.2) is 18.7 Å². The molecule has 348 valence electrons. The van der Waals surface area contributed by atoms with E-state index in [0.717, 1.165) is 60.4 Å². The van der Waals surface area contributed by atoms with E-state index in [1.165, 1.54) is 6.07 Å². The molecule has 0 N–H and O–H groups in total. The van der Waals surface area contributed by atoms with Gasteiger partial charge in [-0.2, -0.15) is 18.2 Å². The van der Waals surface area contributed by atoms with E-state index in [1.807, 2.05) is 79.0 Å². The predicted octanol–water partition coefficient (Wildman–Crippen LogP) is 15.7. The zero-order chi connectivity index (χ0) is 56.2. The van der Waals surface area contributed by atoms with Crippen LogP contribution in [0.15, 0.2) is 249 Å². The number of pyridine rings is 1. The van der Waals surface area contributed by atoms with Crippen LogP contribution in [0.1, 0.15) is 13.7 Å². The van der Waals surface area contributed by atoms with Crippen LogP contribution in [0.5, 0.6) is 11.5 Å². The van der Waals surface area contributed by atoms with Gasteiger partial charge in [0.25, 0.3) is 6.33 Å². The van der Waals surface area contributed by atoms with E-state index in [-0.39, 0.29) is 43.3 Å². The van der Waals surface area contributed by atoms with Crippen LogP contribution in [0.3, 0.4) is 0 Å². The quantitative estimate of drug-likeness (QED) is 0.107. The van der Waals surface area contributed by atoms with Crippen molar-refractivity contribution in [3.8, 4) is 67.8 Å². The Labute approximate surface area is 450 Å². The summed E-state index contributed by atoms with van der Waals surface area (Å²) in [6.07, 6.45) is 5.35. The minimum Gasteiger partial charge on any atom is -0.510 e. The number of nitrogens with zero attached hydrogens (tertiary/aromatic N) is 5. The fraction of sp³-hybridized carbons (Fsp3) is 0. The molecule has 0 bridgehead atoms. The average Bonchev–Trinajstić information content (AvgIpc) is 3.78. The molecule has 4 heterocycles. The summed E-state index contributed by atoms with van der Waals surface area (Å²) < 4.78 is 101. The molecule has 0 saturated carbocycles. The number of hydrogen-bond acceptors (Lipinski definition) is 2. The molecule has 4 aromatic heterocycles. The van der Waals surface area contributed by atoms with Gasteiger partial charge in [0.05, 0.1) is 53.3 Å². The Bertz CT molecular complexity index is 4840. The Morgan fingerprint density at radius 1 is 0.479 bits per heavy atom. The number of aromatic nitrogens is 5. The van der Waals surface area contributed by atoms with E-state index in [2.05, 4.69) is 113 Å². The fourth-order valence-electron chi connectivity index (χ4n) is 9.94. The second-order valence-corrected chi connectivity index (χ2v) is 17.3. The number of ether oxygens (including phenoxy) is 1. The summed E-state index contributed by atoms with van der Waals surface area (Å²) in [6, 6.07) is 61.1. The van der Waals surface area contributed by atoms with Gasteiger partial charge < -0.3 is 18.4 Å². The summed E-state index contributed by atoms with van der Waals surface area (Å²) in [4.78, 5) is 5.17. The first-order chi connectivity index (χ1) is 39.8. The minimum absolute atomic E-state index is 0. The van der Waals surface area contributed by atoms with Gasteiger partial charge in [0.2, 0.25) is 0 Å². The fourth-order valence-corrected chi connectivity index (χ4v) is 9.94. The molecule has 0 unspecified atom stereocenters. The third kappa shape index (κ3) is 7.63. The van der Waals surface area contributed by atoms with E-state index in [9.17, 15) is 0 Å². The van der Waals surface area contributed by atoms with Gasteiger partial charge in [-0.1, -0.05) is 175 Å². The maximum atomic E-state index is 8.89. The maximum Gasteiger partial charge on any atom is 0.268 e. The number of rotatable bonds is 9. The molecule has 14 aromatic rings. The molecule has 73 heavy (non-hydrogen) atoms. The Morgan fingerprint density at radius 3 is 1.84 bits per heavy atom. The van der Waals surface area contributed by atoms with Gasteiger partial charge in [-0.25, -0.2) is 4.98 Å². The monoisotopic (exact) mass is 1120 g/mol. The second-order valence-electron chi connectivity index (χ2n) is 17.3. The topological polar surface area (TPSA) is 40.8 Å². The van der Waals surface area contributed by atoms with Gasteiger partial charge in [-0.15, -0.1) is 29.7 Å². The zero-order valence-corrected chi connectivity index (χ0v) is 40.6. The van der Waals surface area contributed by atoms with E-state index < -0.39 is 60.4 Å². The molecule has 7 heteroatoms. The van der Waals surface area contributed by atoms with Crippen molar-refractivity contribution in [3.63, 3.8) is 0 Å². The first kappa shape index (κ1) is 34.3. The molecule has 6 nitrogen and oxygen atoms in total. The third-order valence-corrected chi connectivity index (χ3v) is 13.1. The summed E-state index contributed by atoms with van der Waals surface area (Å²) in [5.41, 5.74) is 9.34. The normalized spacial score (nSPS) is 13.4. The summed E-state index contributed by atoms with van der Waals surface area (Å²) in [7, 11) is 0. The molecule has 14 rings (SSSR count). The molecular weight excluding hydrogens is 1070 g/mol. The maximum absolute atomic E-state index is 8.89. The molecule has 0 atom stereocenters. The first-order valence-electron chi connectivity index (χ1n) is 28.3. The van der Waals surface area contributed by atoms with Crippen molar-refractivity contribution in [2.75, 3.05) is 0 Å². The Balaban J connectivity index is 0.00000645. The molecule has 0 amide bonds. The van der Waals surface area contributed by atoms with Crippen molar-refractivity contribution in [2.45, 2.75) is 0 Å². The smallest absolute Gasteiger partial charge is 0.268 e. The van der Waals surface area contributed by atoms with Crippen LogP contribution in [-0.2, 0) is 21.1 Å². The number of imidazole rings is 1. The van der Waals surface area contributed by atoms with Crippen LogP contribution in [0.2, 0.25) is 0 Å². The summed E-state index contributed by atoms with van der Waals surface area (Å²) in [5.74, 6) is 1.51. The van der Waals surface area contributed by atoms with E-state index in [0.29, 0.717) is 39.7 Å². The van der Waals surface area contributed by atoms with Gasteiger partial charge in [0, 0.05) is 54.4 Å². The van der Waals surface area contributed by atoms with Crippen molar-refractivity contribution < 1.29 is 44.1 Å². The van der Waals surface area contributed by atoms with Gasteiger partial charge in [0.1, 0.15) is 5.82 Å². The average molecular weight is 1130 g/mol. The summed E-state index contributed by atoms with van der Waals surface area (Å²) in [5, 5.41) is 4.30. The SMILES string of the molecule is [2H]c1c([2H])c([2H])c(-c2cc(-c3c([2H])c([2H])c([2H])c([2H])c3[2H])cc(-[n+]3[c-]n(-c4[c-]c(Oc5[c-]c6c(cc5)c5ccccc5n6-c5ccc(-n6c7ccccc7c7cccc(-c8ccccc8)c76)cn5)ccc4)c4ccccc43)c2)c([2H])c1[2H].[Pt]. The molecular formula is C66H41N5OPt-2. The number of hydrogen-bond donors (Lipinski definition) is 0. The largest absolute Gasteiger partial charge is 0.510 e. The molecule has 0 aliphatic rings. The van der Waals surface area contributed by atoms with Crippen LogP contribution in [0.25, 0.3) is 111 Å². The van der Waals surface area contributed by atoms with Crippen molar-refractivity contribution in [1.82, 2.24) is 18.7 Å². The number of fused-ring (bicyclic) bond motifs is 7. The van der Waals surface area contributed by atoms with Crippen LogP contribution < -0.4 is 9.30 Å². The standard InChI is InChI=1S/C66H41N5O.Pt/c1-4-18-45(19-5-1)48-38-49(46-20-6-2-7-21-46)40-52(39-48)69-44-68(62-32-14-15-33-63(62)69)50-24-16-25-53(41-50)72-54-35-36-58-56-26-10-13-31-61(56)71(64(58)42-54)65-37-34-51(43-67-65)70-60-30-12-11-27-57(60)59-29-17-28-55(66(59)70)47-22-8-3-9-23-47;/h1-40,43H;/q-2;/i1D,2D,4D,5D,6D,7D,18D,19D,20D,21D;. The molecule has 0 spiro atoms. The third-order valence-electron chi connectivity index (χ3n) is 13.1. The van der Waals surface area contributed by atoms with Crippen molar-refractivity contribution in [3.05, 3.63) is 267 Å². The molecule has 0 aliphatic heterocycles. The number of benzene rings is 10. The molecule has 0 radical (unpaired) electrons. The van der Waals surface area contributed by atoms with Crippen LogP contribution in [0, 0.1) is 18.5 Å². The van der Waals surface area contributed by atoms with Gasteiger partial charge in [-0.05, 0) is 81.4 Å². The minimum atomic E-state index is -0.566. The summed E-state index contributed by atoms with van der Waals surface area (Å²) >= 11 is 0. The molecule has 0 fully saturated rings. The van der Waals surface area contributed by atoms with E-state index >= 15 is 0 Å². The first-order valence-corrected chi connectivity index (χ1v) is 23.3.